The molecule has 1 aromatic heterocycles. The maximum atomic E-state index is 12.1. The summed E-state index contributed by atoms with van der Waals surface area (Å²) >= 11 is 0. The van der Waals surface area contributed by atoms with Gasteiger partial charge in [-0.15, -0.1) is 0 Å². The first-order valence-electron chi connectivity index (χ1n) is 3.54. The first kappa shape index (κ1) is 9.83. The van der Waals surface area contributed by atoms with E-state index in [1.54, 1.807) is 0 Å². The number of nitrogens with zero attached hydrogens (tertiary/aromatic N) is 1. The van der Waals surface area contributed by atoms with Gasteiger partial charge in [0.05, 0.1) is 12.8 Å². The highest BCUT2D eigenvalue weighted by Crippen LogP contribution is 2.29. The Kier molecular flexibility index (Phi) is 2.45. The topological polar surface area (TPSA) is 22.1 Å². The molecule has 0 bridgehead atoms. The van der Waals surface area contributed by atoms with Gasteiger partial charge < -0.3 is 4.74 Å². The van der Waals surface area contributed by atoms with Gasteiger partial charge in [0.15, 0.2) is 0 Å². The Balaban J connectivity index is 3.10. The van der Waals surface area contributed by atoms with Gasteiger partial charge in [-0.1, -0.05) is 0 Å². The molecule has 0 aliphatic carbocycles. The van der Waals surface area contributed by atoms with Crippen LogP contribution in [0, 0.1) is 6.92 Å². The predicted molar refractivity (Wildman–Crippen MR) is 40.5 cm³/mol. The molecule has 2 nitrogen and oxygen atoms in total. The largest absolute Gasteiger partial charge is 0.495 e. The number of aromatic nitrogens is 1. The molecule has 0 radical (unpaired) electrons. The van der Waals surface area contributed by atoms with Crippen LogP contribution in [0.4, 0.5) is 13.2 Å². The van der Waals surface area contributed by atoms with Crippen LogP contribution >= 0.6 is 0 Å². The molecular formula is C8H8F3NO. The van der Waals surface area contributed by atoms with Crippen LogP contribution in [-0.4, -0.2) is 12.1 Å². The summed E-state index contributed by atoms with van der Waals surface area (Å²) in [6.07, 6.45) is -4.39. The van der Waals surface area contributed by atoms with Crippen LogP contribution in [0.15, 0.2) is 12.1 Å². The highest BCUT2D eigenvalue weighted by Gasteiger charge is 2.32. The number of hydrogen-bond acceptors (Lipinski definition) is 2. The van der Waals surface area contributed by atoms with E-state index in [2.05, 4.69) is 4.98 Å². The predicted octanol–water partition coefficient (Wildman–Crippen LogP) is 2.42. The van der Waals surface area contributed by atoms with Crippen molar-refractivity contribution >= 4 is 0 Å². The van der Waals surface area contributed by atoms with Crippen LogP contribution in [0.1, 0.15) is 11.4 Å². The van der Waals surface area contributed by atoms with E-state index in [-0.39, 0.29) is 5.69 Å². The number of rotatable bonds is 1. The van der Waals surface area contributed by atoms with E-state index in [1.165, 1.54) is 20.1 Å². The zero-order chi connectivity index (χ0) is 10.1. The fourth-order valence-electron chi connectivity index (χ4n) is 0.922. The number of pyridine rings is 1. The molecule has 72 valence electrons. The molecule has 0 unspecified atom stereocenters. The standard InChI is InChI=1S/C8H8F3NO/c1-5-6(13-2)3-4-7(12-5)8(9,10)11/h3-4H,1-2H3. The molecule has 0 atom stereocenters. The highest BCUT2D eigenvalue weighted by atomic mass is 19.4. The molecule has 0 aliphatic rings. The molecule has 0 aromatic carbocycles. The van der Waals surface area contributed by atoms with Gasteiger partial charge in [0.25, 0.3) is 0 Å². The van der Waals surface area contributed by atoms with Crippen molar-refractivity contribution in [2.75, 3.05) is 7.11 Å². The summed E-state index contributed by atoms with van der Waals surface area (Å²) in [6, 6.07) is 2.15. The average molecular weight is 191 g/mol. The van der Waals surface area contributed by atoms with E-state index in [0.29, 0.717) is 5.75 Å². The average Bonchev–Trinajstić information content (AvgIpc) is 2.02. The van der Waals surface area contributed by atoms with Gasteiger partial charge in [-0.05, 0) is 19.1 Å². The first-order chi connectivity index (χ1) is 5.95. The van der Waals surface area contributed by atoms with Crippen molar-refractivity contribution in [3.05, 3.63) is 23.5 Å². The van der Waals surface area contributed by atoms with Gasteiger partial charge >= 0.3 is 6.18 Å². The molecule has 0 spiro atoms. The van der Waals surface area contributed by atoms with Gasteiger partial charge in [-0.2, -0.15) is 13.2 Å². The van der Waals surface area contributed by atoms with Gasteiger partial charge in [0.1, 0.15) is 11.4 Å². The molecule has 5 heteroatoms. The summed E-state index contributed by atoms with van der Waals surface area (Å²) in [5, 5.41) is 0. The molecule has 0 aliphatic heterocycles. The highest BCUT2D eigenvalue weighted by molar-refractivity contribution is 5.28. The molecule has 1 aromatic rings. The minimum atomic E-state index is -4.39. The zero-order valence-electron chi connectivity index (χ0n) is 7.14. The monoisotopic (exact) mass is 191 g/mol. The Hall–Kier alpha value is -1.26. The van der Waals surface area contributed by atoms with Crippen molar-refractivity contribution in [2.24, 2.45) is 0 Å². The lowest BCUT2D eigenvalue weighted by molar-refractivity contribution is -0.141. The van der Waals surface area contributed by atoms with Crippen LogP contribution in [0.5, 0.6) is 5.75 Å². The molecule has 0 amide bonds. The third kappa shape index (κ3) is 2.11. The number of alkyl halides is 3. The molecule has 13 heavy (non-hydrogen) atoms. The summed E-state index contributed by atoms with van der Waals surface area (Å²) < 4.78 is 41.1. The van der Waals surface area contributed by atoms with Crippen LogP contribution in [0.3, 0.4) is 0 Å². The van der Waals surface area contributed by atoms with Gasteiger partial charge in [-0.25, -0.2) is 4.98 Å². The minimum absolute atomic E-state index is 0.234. The molecular weight excluding hydrogens is 183 g/mol. The first-order valence-corrected chi connectivity index (χ1v) is 3.54. The van der Waals surface area contributed by atoms with E-state index in [4.69, 9.17) is 4.74 Å². The second-order valence-electron chi connectivity index (χ2n) is 2.48. The Morgan fingerprint density at radius 3 is 2.31 bits per heavy atom. The number of methoxy groups -OCH3 is 1. The maximum absolute atomic E-state index is 12.1. The number of ether oxygens (including phenoxy) is 1. The van der Waals surface area contributed by atoms with Crippen LogP contribution in [0.2, 0.25) is 0 Å². The molecule has 0 fully saturated rings. The summed E-state index contributed by atoms with van der Waals surface area (Å²) in [5.74, 6) is 0.355. The van der Waals surface area contributed by atoms with Crippen molar-refractivity contribution < 1.29 is 17.9 Å². The van der Waals surface area contributed by atoms with E-state index < -0.39 is 11.9 Å². The fraction of sp³-hybridized carbons (Fsp3) is 0.375. The van der Waals surface area contributed by atoms with Crippen molar-refractivity contribution in [1.29, 1.82) is 0 Å². The molecule has 0 saturated carbocycles. The van der Waals surface area contributed by atoms with Crippen molar-refractivity contribution in [3.8, 4) is 5.75 Å². The Morgan fingerprint density at radius 1 is 1.31 bits per heavy atom. The second kappa shape index (κ2) is 3.24. The quantitative estimate of drug-likeness (QED) is 0.680. The number of aryl methyl sites for hydroxylation is 1. The summed E-state index contributed by atoms with van der Waals surface area (Å²) in [7, 11) is 1.39. The third-order valence-corrected chi connectivity index (χ3v) is 1.55. The van der Waals surface area contributed by atoms with E-state index in [9.17, 15) is 13.2 Å². The van der Waals surface area contributed by atoms with E-state index in [1.807, 2.05) is 0 Å². The number of hydrogen-bond donors (Lipinski definition) is 0. The molecule has 0 saturated heterocycles. The van der Waals surface area contributed by atoms with E-state index in [0.717, 1.165) is 6.07 Å². The lowest BCUT2D eigenvalue weighted by atomic mass is 10.3. The zero-order valence-corrected chi connectivity index (χ0v) is 7.14. The Bertz CT molecular complexity index is 309. The maximum Gasteiger partial charge on any atom is 0.433 e. The van der Waals surface area contributed by atoms with Crippen molar-refractivity contribution in [1.82, 2.24) is 4.98 Å². The fourth-order valence-corrected chi connectivity index (χ4v) is 0.922. The van der Waals surface area contributed by atoms with Gasteiger partial charge in [0, 0.05) is 0 Å². The molecule has 0 N–H and O–H groups in total. The summed E-state index contributed by atoms with van der Waals surface area (Å²) in [6.45, 7) is 1.47. The second-order valence-corrected chi connectivity index (χ2v) is 2.48. The molecule has 1 rings (SSSR count). The van der Waals surface area contributed by atoms with E-state index >= 15 is 0 Å². The number of halogens is 3. The third-order valence-electron chi connectivity index (χ3n) is 1.55. The van der Waals surface area contributed by atoms with Crippen LogP contribution < -0.4 is 4.74 Å². The summed E-state index contributed by atoms with van der Waals surface area (Å²) in [4.78, 5) is 3.37. The SMILES string of the molecule is COc1ccc(C(F)(F)F)nc1C. The van der Waals surface area contributed by atoms with Crippen LogP contribution in [0.25, 0.3) is 0 Å². The normalized spacial score (nSPS) is 11.5. The smallest absolute Gasteiger partial charge is 0.433 e. The lowest BCUT2D eigenvalue weighted by Crippen LogP contribution is -2.08. The van der Waals surface area contributed by atoms with Gasteiger partial charge in [-0.3, -0.25) is 0 Å². The lowest BCUT2D eigenvalue weighted by Gasteiger charge is -2.08. The minimum Gasteiger partial charge on any atom is -0.495 e. The Labute approximate surface area is 73.4 Å². The molecule has 1 heterocycles. The van der Waals surface area contributed by atoms with Gasteiger partial charge in [0.2, 0.25) is 0 Å². The van der Waals surface area contributed by atoms with Crippen molar-refractivity contribution in [2.45, 2.75) is 13.1 Å². The Morgan fingerprint density at radius 2 is 1.92 bits per heavy atom. The summed E-state index contributed by atoms with van der Waals surface area (Å²) in [5.41, 5.74) is -0.664. The van der Waals surface area contributed by atoms with Crippen molar-refractivity contribution in [3.63, 3.8) is 0 Å². The van der Waals surface area contributed by atoms with Crippen LogP contribution in [-0.2, 0) is 6.18 Å².